The molecule has 7 heteroatoms. The number of rotatable bonds is 5. The minimum Gasteiger partial charge on any atom is -0.438 e. The Morgan fingerprint density at radius 3 is 2.54 bits per heavy atom. The van der Waals surface area contributed by atoms with Crippen LogP contribution in [0, 0.1) is 29.1 Å². The highest BCUT2D eigenvalue weighted by atomic mass is 19.4. The van der Waals surface area contributed by atoms with Crippen LogP contribution in [-0.4, -0.2) is 30.8 Å². The standard InChI is InChI=1S/C17H23F3O4/c1-3-16(2,17(18,19)20)15(22)24-8-23-14-11-5-9-4-10(7-11)13(21)12(14)6-9/h9-12,14H,3-8H2,1-2H3. The van der Waals surface area contributed by atoms with Gasteiger partial charge in [0.05, 0.1) is 6.10 Å². The van der Waals surface area contributed by atoms with Crippen molar-refractivity contribution in [3.63, 3.8) is 0 Å². The van der Waals surface area contributed by atoms with Crippen molar-refractivity contribution in [1.29, 1.82) is 0 Å². The molecule has 0 spiro atoms. The number of ketones is 1. The second-order valence-electron chi connectivity index (χ2n) is 7.64. The maximum Gasteiger partial charge on any atom is 0.404 e. The van der Waals surface area contributed by atoms with Crippen LogP contribution in [0.1, 0.15) is 46.0 Å². The van der Waals surface area contributed by atoms with E-state index in [4.69, 9.17) is 9.47 Å². The number of esters is 1. The topological polar surface area (TPSA) is 52.6 Å². The first-order valence-corrected chi connectivity index (χ1v) is 8.56. The largest absolute Gasteiger partial charge is 0.438 e. The Morgan fingerprint density at radius 1 is 1.21 bits per heavy atom. The Bertz CT molecular complexity index is 532. The van der Waals surface area contributed by atoms with Crippen LogP contribution in [0.5, 0.6) is 0 Å². The fourth-order valence-electron chi connectivity index (χ4n) is 4.62. The molecule has 0 amide bonds. The molecule has 24 heavy (non-hydrogen) atoms. The van der Waals surface area contributed by atoms with Crippen LogP contribution in [0.4, 0.5) is 13.2 Å². The summed E-state index contributed by atoms with van der Waals surface area (Å²) in [6.45, 7) is 1.61. The summed E-state index contributed by atoms with van der Waals surface area (Å²) in [5.74, 6) is -0.347. The van der Waals surface area contributed by atoms with Crippen molar-refractivity contribution in [3.05, 3.63) is 0 Å². The molecular formula is C17H23F3O4. The van der Waals surface area contributed by atoms with E-state index in [1.165, 1.54) is 6.92 Å². The van der Waals surface area contributed by atoms with Crippen molar-refractivity contribution >= 4 is 11.8 Å². The van der Waals surface area contributed by atoms with Gasteiger partial charge in [0, 0.05) is 11.8 Å². The summed E-state index contributed by atoms with van der Waals surface area (Å²) in [7, 11) is 0. The second-order valence-corrected chi connectivity index (χ2v) is 7.64. The highest BCUT2D eigenvalue weighted by molar-refractivity contribution is 5.86. The number of carbonyl (C=O) groups is 2. The summed E-state index contributed by atoms with van der Waals surface area (Å²) >= 11 is 0. The van der Waals surface area contributed by atoms with Gasteiger partial charge in [-0.05, 0) is 50.9 Å². The van der Waals surface area contributed by atoms with Crippen molar-refractivity contribution in [3.8, 4) is 0 Å². The van der Waals surface area contributed by atoms with E-state index in [1.807, 2.05) is 0 Å². The minimum atomic E-state index is -4.67. The number of Topliss-reactive ketones (excluding diaryl/α,β-unsaturated/α-hetero) is 1. The molecule has 4 nitrogen and oxygen atoms in total. The number of carbonyl (C=O) groups excluding carboxylic acids is 2. The van der Waals surface area contributed by atoms with E-state index in [-0.39, 0.29) is 29.6 Å². The zero-order valence-electron chi connectivity index (χ0n) is 13.9. The van der Waals surface area contributed by atoms with Crippen molar-refractivity contribution in [2.45, 2.75) is 58.2 Å². The van der Waals surface area contributed by atoms with Crippen LogP contribution in [0.3, 0.4) is 0 Å². The fourth-order valence-corrected chi connectivity index (χ4v) is 4.62. The van der Waals surface area contributed by atoms with E-state index >= 15 is 0 Å². The summed E-state index contributed by atoms with van der Waals surface area (Å²) in [5, 5.41) is 0. The molecule has 4 rings (SSSR count). The van der Waals surface area contributed by atoms with Gasteiger partial charge in [-0.2, -0.15) is 13.2 Å². The van der Waals surface area contributed by atoms with Gasteiger partial charge in [-0.1, -0.05) is 6.92 Å². The van der Waals surface area contributed by atoms with Gasteiger partial charge in [-0.15, -0.1) is 0 Å². The summed E-state index contributed by atoms with van der Waals surface area (Å²) in [5.41, 5.74) is -2.53. The fraction of sp³-hybridized carbons (Fsp3) is 0.882. The van der Waals surface area contributed by atoms with Crippen molar-refractivity contribution in [2.24, 2.45) is 29.1 Å². The van der Waals surface area contributed by atoms with Gasteiger partial charge < -0.3 is 9.47 Å². The van der Waals surface area contributed by atoms with E-state index in [9.17, 15) is 22.8 Å². The average molecular weight is 348 g/mol. The molecule has 0 heterocycles. The van der Waals surface area contributed by atoms with Crippen LogP contribution >= 0.6 is 0 Å². The molecule has 0 radical (unpaired) electrons. The Hall–Kier alpha value is -1.11. The van der Waals surface area contributed by atoms with Gasteiger partial charge in [-0.25, -0.2) is 0 Å². The number of halogens is 3. The zero-order valence-corrected chi connectivity index (χ0v) is 13.9. The maximum atomic E-state index is 13.0. The van der Waals surface area contributed by atoms with E-state index in [0.29, 0.717) is 5.92 Å². The lowest BCUT2D eigenvalue weighted by Crippen LogP contribution is -2.55. The molecule has 0 aromatic rings. The quantitative estimate of drug-likeness (QED) is 0.564. The SMILES string of the molecule is CCC(C)(C(=O)OCOC1C2CC3CC(C2)C(=O)C1C3)C(F)(F)F. The molecule has 4 aliphatic rings. The van der Waals surface area contributed by atoms with Crippen molar-refractivity contribution in [2.75, 3.05) is 6.79 Å². The molecule has 0 aromatic heterocycles. The van der Waals surface area contributed by atoms with Crippen LogP contribution in [-0.2, 0) is 19.1 Å². The first-order chi connectivity index (χ1) is 11.2. The lowest BCUT2D eigenvalue weighted by atomic mass is 9.54. The third kappa shape index (κ3) is 2.74. The van der Waals surface area contributed by atoms with Crippen LogP contribution < -0.4 is 0 Å². The molecule has 4 aliphatic carbocycles. The highest BCUT2D eigenvalue weighted by Crippen LogP contribution is 2.53. The number of hydrogen-bond acceptors (Lipinski definition) is 4. The first-order valence-electron chi connectivity index (χ1n) is 8.56. The van der Waals surface area contributed by atoms with Crippen LogP contribution in [0.25, 0.3) is 0 Å². The highest BCUT2D eigenvalue weighted by Gasteiger charge is 2.57. The molecule has 0 aromatic carbocycles. The first kappa shape index (κ1) is 17.7. The Morgan fingerprint density at radius 2 is 1.92 bits per heavy atom. The predicted octanol–water partition coefficient (Wildman–Crippen LogP) is 3.49. The van der Waals surface area contributed by atoms with E-state index in [1.54, 1.807) is 0 Å². The van der Waals surface area contributed by atoms with E-state index in [0.717, 1.165) is 32.6 Å². The van der Waals surface area contributed by atoms with Gasteiger partial charge in [-0.3, -0.25) is 9.59 Å². The third-order valence-corrected chi connectivity index (χ3v) is 6.29. The second kappa shape index (κ2) is 6.00. The Balaban J connectivity index is 1.57. The summed E-state index contributed by atoms with van der Waals surface area (Å²) in [4.78, 5) is 24.1. The number of ether oxygens (including phenoxy) is 2. The Labute approximate surface area is 139 Å². The van der Waals surface area contributed by atoms with Gasteiger partial charge >= 0.3 is 12.1 Å². The van der Waals surface area contributed by atoms with Crippen molar-refractivity contribution < 1.29 is 32.2 Å². The summed E-state index contributed by atoms with van der Waals surface area (Å²) in [6, 6.07) is 0. The molecule has 6 unspecified atom stereocenters. The van der Waals surface area contributed by atoms with E-state index < -0.39 is 30.8 Å². The van der Waals surface area contributed by atoms with Crippen molar-refractivity contribution in [1.82, 2.24) is 0 Å². The lowest BCUT2D eigenvalue weighted by Gasteiger charge is -2.52. The molecule has 6 atom stereocenters. The normalized spacial score (nSPS) is 37.4. The van der Waals surface area contributed by atoms with Crippen LogP contribution in [0.2, 0.25) is 0 Å². The minimum absolute atomic E-state index is 0.128. The van der Waals surface area contributed by atoms with Gasteiger partial charge in [0.25, 0.3) is 0 Å². The van der Waals surface area contributed by atoms with Crippen LogP contribution in [0.15, 0.2) is 0 Å². The summed E-state index contributed by atoms with van der Waals surface area (Å²) < 4.78 is 49.5. The molecule has 0 saturated heterocycles. The smallest absolute Gasteiger partial charge is 0.404 e. The zero-order chi connectivity index (χ0) is 17.7. The molecule has 4 saturated carbocycles. The molecule has 0 aliphatic heterocycles. The molecular weight excluding hydrogens is 325 g/mol. The molecule has 136 valence electrons. The van der Waals surface area contributed by atoms with Gasteiger partial charge in [0.1, 0.15) is 5.78 Å². The Kier molecular flexibility index (Phi) is 4.43. The monoisotopic (exact) mass is 348 g/mol. The average Bonchev–Trinajstić information content (AvgIpc) is 2.52. The van der Waals surface area contributed by atoms with Gasteiger partial charge in [0.15, 0.2) is 12.2 Å². The number of alkyl halides is 3. The summed E-state index contributed by atoms with van der Waals surface area (Å²) in [6.07, 6.45) is -1.85. The lowest BCUT2D eigenvalue weighted by molar-refractivity contribution is -0.240. The molecule has 4 bridgehead atoms. The van der Waals surface area contributed by atoms with E-state index in [2.05, 4.69) is 0 Å². The molecule has 4 fully saturated rings. The number of hydrogen-bond donors (Lipinski definition) is 0. The van der Waals surface area contributed by atoms with Gasteiger partial charge in [0.2, 0.25) is 0 Å². The predicted molar refractivity (Wildman–Crippen MR) is 77.7 cm³/mol. The molecule has 0 N–H and O–H groups in total. The third-order valence-electron chi connectivity index (χ3n) is 6.29. The maximum absolute atomic E-state index is 13.0.